The van der Waals surface area contributed by atoms with Crippen LogP contribution >= 0.6 is 0 Å². The SMILES string of the molecule is C=CCCC(F)C(=C)C. The molecule has 1 heteroatoms. The van der Waals surface area contributed by atoms with Crippen LogP contribution in [-0.2, 0) is 0 Å². The second-order valence-electron chi connectivity index (χ2n) is 2.18. The Balaban J connectivity index is 3.37. The van der Waals surface area contributed by atoms with E-state index in [1.807, 2.05) is 0 Å². The van der Waals surface area contributed by atoms with E-state index >= 15 is 0 Å². The molecule has 1 unspecified atom stereocenters. The van der Waals surface area contributed by atoms with Crippen molar-refractivity contribution >= 4 is 0 Å². The summed E-state index contributed by atoms with van der Waals surface area (Å²) in [5.41, 5.74) is 0.608. The van der Waals surface area contributed by atoms with Crippen LogP contribution in [0.3, 0.4) is 0 Å². The van der Waals surface area contributed by atoms with Gasteiger partial charge in [-0.3, -0.25) is 0 Å². The molecule has 0 fully saturated rings. The number of hydrogen-bond donors (Lipinski definition) is 0. The van der Waals surface area contributed by atoms with Crippen molar-refractivity contribution in [2.45, 2.75) is 25.9 Å². The van der Waals surface area contributed by atoms with E-state index in [1.54, 1.807) is 13.0 Å². The Labute approximate surface area is 56.1 Å². The molecule has 0 bridgehead atoms. The first-order valence-corrected chi connectivity index (χ1v) is 3.09. The minimum atomic E-state index is -0.844. The van der Waals surface area contributed by atoms with Gasteiger partial charge in [0.2, 0.25) is 0 Å². The van der Waals surface area contributed by atoms with Crippen LogP contribution in [0.15, 0.2) is 24.8 Å². The number of rotatable bonds is 4. The van der Waals surface area contributed by atoms with Gasteiger partial charge in [-0.05, 0) is 25.3 Å². The molecular weight excluding hydrogens is 115 g/mol. The van der Waals surface area contributed by atoms with Crippen LogP contribution in [0.5, 0.6) is 0 Å². The van der Waals surface area contributed by atoms with Crippen molar-refractivity contribution in [2.24, 2.45) is 0 Å². The molecule has 0 N–H and O–H groups in total. The first-order chi connectivity index (χ1) is 4.18. The third-order valence-electron chi connectivity index (χ3n) is 1.16. The number of hydrogen-bond acceptors (Lipinski definition) is 0. The summed E-state index contributed by atoms with van der Waals surface area (Å²) in [4.78, 5) is 0. The Morgan fingerprint density at radius 2 is 2.33 bits per heavy atom. The quantitative estimate of drug-likeness (QED) is 0.511. The molecule has 0 aromatic carbocycles. The molecule has 0 aliphatic rings. The second kappa shape index (κ2) is 4.30. The highest BCUT2D eigenvalue weighted by atomic mass is 19.1. The predicted octanol–water partition coefficient (Wildman–Crippen LogP) is 2.87. The van der Waals surface area contributed by atoms with Crippen molar-refractivity contribution in [3.63, 3.8) is 0 Å². The van der Waals surface area contributed by atoms with Gasteiger partial charge in [-0.1, -0.05) is 12.7 Å². The van der Waals surface area contributed by atoms with Crippen molar-refractivity contribution in [1.82, 2.24) is 0 Å². The predicted molar refractivity (Wildman–Crippen MR) is 39.1 cm³/mol. The lowest BCUT2D eigenvalue weighted by Crippen LogP contribution is -1.98. The summed E-state index contributed by atoms with van der Waals surface area (Å²) in [6.45, 7) is 8.70. The minimum absolute atomic E-state index is 0.527. The Hall–Kier alpha value is -0.590. The molecule has 0 aromatic heterocycles. The normalized spacial score (nSPS) is 12.7. The summed E-state index contributed by atoms with van der Waals surface area (Å²) in [7, 11) is 0. The summed E-state index contributed by atoms with van der Waals surface area (Å²) in [6, 6.07) is 0. The average molecular weight is 128 g/mol. The van der Waals surface area contributed by atoms with Crippen molar-refractivity contribution < 1.29 is 4.39 Å². The topological polar surface area (TPSA) is 0 Å². The first-order valence-electron chi connectivity index (χ1n) is 3.09. The Bertz CT molecular complexity index is 105. The third-order valence-corrected chi connectivity index (χ3v) is 1.16. The molecule has 0 aromatic rings. The smallest absolute Gasteiger partial charge is 0.121 e. The second-order valence-corrected chi connectivity index (χ2v) is 2.18. The number of halogens is 1. The molecule has 0 amide bonds. The van der Waals surface area contributed by atoms with E-state index in [2.05, 4.69) is 13.2 Å². The van der Waals surface area contributed by atoms with Crippen LogP contribution < -0.4 is 0 Å². The van der Waals surface area contributed by atoms with E-state index in [9.17, 15) is 4.39 Å². The van der Waals surface area contributed by atoms with Gasteiger partial charge in [0.15, 0.2) is 0 Å². The summed E-state index contributed by atoms with van der Waals surface area (Å²) in [6.07, 6.45) is 2.13. The summed E-state index contributed by atoms with van der Waals surface area (Å²) >= 11 is 0. The fraction of sp³-hybridized carbons (Fsp3) is 0.500. The van der Waals surface area contributed by atoms with Gasteiger partial charge in [0.1, 0.15) is 6.17 Å². The molecule has 9 heavy (non-hydrogen) atoms. The average Bonchev–Trinajstić information content (AvgIpc) is 1.82. The fourth-order valence-electron chi connectivity index (χ4n) is 0.511. The highest BCUT2D eigenvalue weighted by Gasteiger charge is 2.03. The first kappa shape index (κ1) is 8.41. The van der Waals surface area contributed by atoms with Gasteiger partial charge in [-0.25, -0.2) is 4.39 Å². The fourth-order valence-corrected chi connectivity index (χ4v) is 0.511. The molecule has 1 atom stereocenters. The van der Waals surface area contributed by atoms with Crippen molar-refractivity contribution in [3.05, 3.63) is 24.8 Å². The van der Waals surface area contributed by atoms with E-state index < -0.39 is 6.17 Å². The van der Waals surface area contributed by atoms with Crippen molar-refractivity contribution in [1.29, 1.82) is 0 Å². The van der Waals surface area contributed by atoms with E-state index in [4.69, 9.17) is 0 Å². The van der Waals surface area contributed by atoms with E-state index in [0.29, 0.717) is 12.0 Å². The van der Waals surface area contributed by atoms with Crippen LogP contribution in [0.2, 0.25) is 0 Å². The van der Waals surface area contributed by atoms with E-state index in [-0.39, 0.29) is 0 Å². The van der Waals surface area contributed by atoms with E-state index in [1.165, 1.54) is 0 Å². The van der Waals surface area contributed by atoms with Crippen molar-refractivity contribution in [3.8, 4) is 0 Å². The van der Waals surface area contributed by atoms with Crippen LogP contribution in [-0.4, -0.2) is 6.17 Å². The van der Waals surface area contributed by atoms with Gasteiger partial charge in [0, 0.05) is 0 Å². The van der Waals surface area contributed by atoms with Crippen LogP contribution in [0.1, 0.15) is 19.8 Å². The maximum Gasteiger partial charge on any atom is 0.121 e. The molecule has 0 aliphatic heterocycles. The number of allylic oxidation sites excluding steroid dienone is 2. The van der Waals surface area contributed by atoms with Crippen LogP contribution in [0, 0.1) is 0 Å². The Morgan fingerprint density at radius 3 is 2.67 bits per heavy atom. The number of alkyl halides is 1. The Morgan fingerprint density at radius 1 is 1.78 bits per heavy atom. The molecule has 52 valence electrons. The van der Waals surface area contributed by atoms with Gasteiger partial charge in [-0.15, -0.1) is 6.58 Å². The van der Waals surface area contributed by atoms with Gasteiger partial charge in [0.25, 0.3) is 0 Å². The zero-order valence-corrected chi connectivity index (χ0v) is 5.86. The van der Waals surface area contributed by atoms with Crippen LogP contribution in [0.25, 0.3) is 0 Å². The summed E-state index contributed by atoms with van der Waals surface area (Å²) in [5, 5.41) is 0. The van der Waals surface area contributed by atoms with Gasteiger partial charge in [0.05, 0.1) is 0 Å². The van der Waals surface area contributed by atoms with Gasteiger partial charge < -0.3 is 0 Å². The lowest BCUT2D eigenvalue weighted by Gasteiger charge is -2.03. The van der Waals surface area contributed by atoms with Crippen LogP contribution in [0.4, 0.5) is 4.39 Å². The summed E-state index contributed by atoms with van der Waals surface area (Å²) < 4.78 is 12.6. The molecule has 0 radical (unpaired) electrons. The standard InChI is InChI=1S/C8H13F/c1-4-5-6-8(9)7(2)3/h4,8H,1-2,5-6H2,3H3. The Kier molecular flexibility index (Phi) is 4.02. The van der Waals surface area contributed by atoms with E-state index in [0.717, 1.165) is 6.42 Å². The highest BCUT2D eigenvalue weighted by molar-refractivity contribution is 4.97. The molecule has 0 rings (SSSR count). The molecule has 0 heterocycles. The maximum absolute atomic E-state index is 12.6. The van der Waals surface area contributed by atoms with Gasteiger partial charge >= 0.3 is 0 Å². The maximum atomic E-state index is 12.6. The minimum Gasteiger partial charge on any atom is -0.243 e. The highest BCUT2D eigenvalue weighted by Crippen LogP contribution is 2.09. The molecule has 0 aliphatic carbocycles. The molecular formula is C8H13F. The monoisotopic (exact) mass is 128 g/mol. The zero-order valence-electron chi connectivity index (χ0n) is 5.86. The zero-order chi connectivity index (χ0) is 7.28. The molecule has 0 saturated carbocycles. The molecule has 0 spiro atoms. The molecule has 0 saturated heterocycles. The lowest BCUT2D eigenvalue weighted by molar-refractivity contribution is 0.363. The third kappa shape index (κ3) is 3.95. The van der Waals surface area contributed by atoms with Gasteiger partial charge in [-0.2, -0.15) is 0 Å². The summed E-state index contributed by atoms with van der Waals surface area (Å²) in [5.74, 6) is 0. The molecule has 0 nitrogen and oxygen atoms in total. The largest absolute Gasteiger partial charge is 0.243 e. The van der Waals surface area contributed by atoms with Crippen molar-refractivity contribution in [2.75, 3.05) is 0 Å². The lowest BCUT2D eigenvalue weighted by atomic mass is 10.1.